The lowest BCUT2D eigenvalue weighted by molar-refractivity contribution is -0.134. The van der Waals surface area contributed by atoms with Gasteiger partial charge in [0.2, 0.25) is 0 Å². The van der Waals surface area contributed by atoms with Crippen molar-refractivity contribution in [1.82, 2.24) is 0 Å². The van der Waals surface area contributed by atoms with Gasteiger partial charge >= 0.3 is 0 Å². The van der Waals surface area contributed by atoms with Crippen LogP contribution in [-0.4, -0.2) is 30.4 Å². The number of carbonyl (C=O) groups is 1. The maximum Gasteiger partial charge on any atom is 0.300 e. The molecule has 0 aliphatic rings. The predicted octanol–water partition coefficient (Wildman–Crippen LogP) is 2.65. The Morgan fingerprint density at radius 1 is 1.05 bits per heavy atom. The predicted molar refractivity (Wildman–Crippen MR) is 72.0 cm³/mol. The second-order valence-corrected chi connectivity index (χ2v) is 3.69. The maximum atomic E-state index is 9.77. The van der Waals surface area contributed by atoms with E-state index in [0.29, 0.717) is 11.1 Å². The van der Waals surface area contributed by atoms with E-state index in [1.165, 1.54) is 0 Å². The van der Waals surface area contributed by atoms with Crippen LogP contribution in [-0.2, 0) is 4.79 Å². The van der Waals surface area contributed by atoms with Gasteiger partial charge in [0.25, 0.3) is 5.97 Å². The highest BCUT2D eigenvalue weighted by molar-refractivity contribution is 5.97. The van der Waals surface area contributed by atoms with Crippen LogP contribution in [0.4, 0.5) is 0 Å². The molecular formula is C14H16O5. The highest BCUT2D eigenvalue weighted by Crippen LogP contribution is 2.38. The van der Waals surface area contributed by atoms with Crippen molar-refractivity contribution in [2.75, 3.05) is 14.2 Å². The number of hydrogen-bond acceptors (Lipinski definition) is 4. The van der Waals surface area contributed by atoms with E-state index in [1.807, 2.05) is 18.2 Å². The molecule has 0 saturated carbocycles. The first kappa shape index (κ1) is 14.6. The molecule has 0 atom stereocenters. The molecular weight excluding hydrogens is 248 g/mol. The number of hydrogen-bond donors (Lipinski definition) is 2. The van der Waals surface area contributed by atoms with E-state index >= 15 is 0 Å². The van der Waals surface area contributed by atoms with Gasteiger partial charge in [-0.05, 0) is 18.2 Å². The highest BCUT2D eigenvalue weighted by Gasteiger charge is 2.09. The molecule has 2 aromatic carbocycles. The van der Waals surface area contributed by atoms with E-state index < -0.39 is 5.97 Å². The summed E-state index contributed by atoms with van der Waals surface area (Å²) in [4.78, 5) is 9.00. The van der Waals surface area contributed by atoms with E-state index in [2.05, 4.69) is 0 Å². The van der Waals surface area contributed by atoms with Crippen LogP contribution in [0.25, 0.3) is 10.8 Å². The van der Waals surface area contributed by atoms with Gasteiger partial charge in [0, 0.05) is 12.3 Å². The lowest BCUT2D eigenvalue weighted by atomic mass is 10.1. The summed E-state index contributed by atoms with van der Waals surface area (Å²) < 4.78 is 10.4. The number of phenolic OH excluding ortho intramolecular Hbond substituents is 1. The number of benzene rings is 2. The number of methoxy groups -OCH3 is 2. The Labute approximate surface area is 111 Å². The fourth-order valence-corrected chi connectivity index (χ4v) is 1.68. The number of aromatic hydroxyl groups is 1. The molecule has 0 radical (unpaired) electrons. The van der Waals surface area contributed by atoms with Gasteiger partial charge in [0.15, 0.2) is 0 Å². The summed E-state index contributed by atoms with van der Waals surface area (Å²) in [5.74, 6) is 0.730. The van der Waals surface area contributed by atoms with Gasteiger partial charge < -0.3 is 19.7 Å². The molecule has 0 saturated heterocycles. The smallest absolute Gasteiger partial charge is 0.300 e. The van der Waals surface area contributed by atoms with Crippen molar-refractivity contribution >= 4 is 16.7 Å². The van der Waals surface area contributed by atoms with Gasteiger partial charge in [-0.1, -0.05) is 12.1 Å². The summed E-state index contributed by atoms with van der Waals surface area (Å²) in [6.07, 6.45) is 0. The molecule has 5 heteroatoms. The van der Waals surface area contributed by atoms with E-state index in [0.717, 1.165) is 18.1 Å². The molecule has 2 aromatic rings. The topological polar surface area (TPSA) is 76.0 Å². The number of phenols is 1. The molecule has 0 spiro atoms. The second kappa shape index (κ2) is 6.49. The zero-order chi connectivity index (χ0) is 14.4. The SMILES string of the molecule is CC(=O)O.COc1ccc(O)c2c(OC)cccc12. The normalized spacial score (nSPS) is 9.42. The van der Waals surface area contributed by atoms with Crippen LogP contribution in [0, 0.1) is 0 Å². The molecule has 0 aliphatic heterocycles. The van der Waals surface area contributed by atoms with Crippen LogP contribution in [0.15, 0.2) is 30.3 Å². The largest absolute Gasteiger partial charge is 0.507 e. The molecule has 0 aliphatic carbocycles. The Kier molecular flexibility index (Phi) is 5.00. The van der Waals surface area contributed by atoms with Crippen molar-refractivity contribution in [2.45, 2.75) is 6.92 Å². The summed E-state index contributed by atoms with van der Waals surface area (Å²) in [7, 11) is 3.18. The van der Waals surface area contributed by atoms with Crippen LogP contribution in [0.2, 0.25) is 0 Å². The lowest BCUT2D eigenvalue weighted by Crippen LogP contribution is -1.88. The average molecular weight is 264 g/mol. The van der Waals surface area contributed by atoms with E-state index in [-0.39, 0.29) is 5.75 Å². The Morgan fingerprint density at radius 2 is 1.63 bits per heavy atom. The molecule has 0 heterocycles. The minimum absolute atomic E-state index is 0.197. The lowest BCUT2D eigenvalue weighted by Gasteiger charge is -2.10. The van der Waals surface area contributed by atoms with Crippen LogP contribution in [0.1, 0.15) is 6.92 Å². The Balaban J connectivity index is 0.000000399. The fraction of sp³-hybridized carbons (Fsp3) is 0.214. The van der Waals surface area contributed by atoms with Gasteiger partial charge in [0.1, 0.15) is 17.2 Å². The number of carboxylic acid groups (broad SMARTS) is 1. The molecule has 0 aromatic heterocycles. The monoisotopic (exact) mass is 264 g/mol. The zero-order valence-corrected chi connectivity index (χ0v) is 11.0. The standard InChI is InChI=1S/C12H12O3.C2H4O2/c1-14-10-7-6-9(13)12-8(10)4-3-5-11(12)15-2;1-2(3)4/h3-7,13H,1-2H3;1H3,(H,3,4). The van der Waals surface area contributed by atoms with Crippen LogP contribution >= 0.6 is 0 Å². The summed E-state index contributed by atoms with van der Waals surface area (Å²) in [6.45, 7) is 1.08. The van der Waals surface area contributed by atoms with E-state index in [9.17, 15) is 5.11 Å². The number of rotatable bonds is 2. The first-order valence-corrected chi connectivity index (χ1v) is 5.53. The van der Waals surface area contributed by atoms with Gasteiger partial charge in [-0.3, -0.25) is 4.79 Å². The Morgan fingerprint density at radius 3 is 2.16 bits per heavy atom. The van der Waals surface area contributed by atoms with Crippen molar-refractivity contribution < 1.29 is 24.5 Å². The molecule has 102 valence electrons. The van der Waals surface area contributed by atoms with Crippen LogP contribution in [0.3, 0.4) is 0 Å². The molecule has 0 fully saturated rings. The van der Waals surface area contributed by atoms with Crippen molar-refractivity contribution in [3.63, 3.8) is 0 Å². The third-order valence-electron chi connectivity index (χ3n) is 2.38. The van der Waals surface area contributed by atoms with Crippen molar-refractivity contribution in [2.24, 2.45) is 0 Å². The van der Waals surface area contributed by atoms with Gasteiger partial charge in [-0.25, -0.2) is 0 Å². The van der Waals surface area contributed by atoms with E-state index in [4.69, 9.17) is 19.4 Å². The number of fused-ring (bicyclic) bond motifs is 1. The fourth-order valence-electron chi connectivity index (χ4n) is 1.68. The highest BCUT2D eigenvalue weighted by atomic mass is 16.5. The van der Waals surface area contributed by atoms with Crippen molar-refractivity contribution in [3.8, 4) is 17.2 Å². The molecule has 2 rings (SSSR count). The first-order valence-electron chi connectivity index (χ1n) is 5.53. The van der Waals surface area contributed by atoms with E-state index in [1.54, 1.807) is 26.4 Å². The number of carboxylic acids is 1. The summed E-state index contributed by atoms with van der Waals surface area (Å²) in [5.41, 5.74) is 0. The molecule has 19 heavy (non-hydrogen) atoms. The van der Waals surface area contributed by atoms with Crippen molar-refractivity contribution in [1.29, 1.82) is 0 Å². The van der Waals surface area contributed by atoms with Crippen LogP contribution in [0.5, 0.6) is 17.2 Å². The first-order chi connectivity index (χ1) is 9.01. The molecule has 2 N–H and O–H groups in total. The minimum Gasteiger partial charge on any atom is -0.507 e. The second-order valence-electron chi connectivity index (χ2n) is 3.69. The Bertz CT molecular complexity index is 573. The number of ether oxygens (including phenoxy) is 2. The summed E-state index contributed by atoms with van der Waals surface area (Å²) >= 11 is 0. The van der Waals surface area contributed by atoms with Gasteiger partial charge in [-0.2, -0.15) is 0 Å². The third kappa shape index (κ3) is 3.51. The van der Waals surface area contributed by atoms with Crippen LogP contribution < -0.4 is 9.47 Å². The molecule has 0 unspecified atom stereocenters. The zero-order valence-electron chi connectivity index (χ0n) is 11.0. The summed E-state index contributed by atoms with van der Waals surface area (Å²) in [5, 5.41) is 18.7. The quantitative estimate of drug-likeness (QED) is 0.872. The minimum atomic E-state index is -0.833. The van der Waals surface area contributed by atoms with Gasteiger partial charge in [-0.15, -0.1) is 0 Å². The molecule has 0 amide bonds. The Hall–Kier alpha value is -2.43. The average Bonchev–Trinajstić information content (AvgIpc) is 2.38. The maximum absolute atomic E-state index is 9.77. The summed E-state index contributed by atoms with van der Waals surface area (Å²) in [6, 6.07) is 8.89. The van der Waals surface area contributed by atoms with Gasteiger partial charge in [0.05, 0.1) is 19.6 Å². The number of aliphatic carboxylic acids is 1. The molecule has 0 bridgehead atoms. The van der Waals surface area contributed by atoms with Crippen molar-refractivity contribution in [3.05, 3.63) is 30.3 Å². The third-order valence-corrected chi connectivity index (χ3v) is 2.38. The molecule has 5 nitrogen and oxygen atoms in total.